The fourth-order valence-corrected chi connectivity index (χ4v) is 1.89. The number of hydrogen-bond donors (Lipinski definition) is 3. The first kappa shape index (κ1) is 16.9. The number of nitrogens with zero attached hydrogens (tertiary/aromatic N) is 3. The standard InChI is InChI=1S/C13H24ClN5O/c1-5-6-15-11-17-10(14)18-12(19-11)16-8-9(20)7-13(2,3)4/h9,20H,5-8H2,1-4H3,(H2,15,16,17,18,19). The summed E-state index contributed by atoms with van der Waals surface area (Å²) in [5.41, 5.74) is 0.0751. The van der Waals surface area contributed by atoms with E-state index in [0.717, 1.165) is 13.0 Å². The van der Waals surface area contributed by atoms with Crippen molar-refractivity contribution >= 4 is 23.5 Å². The van der Waals surface area contributed by atoms with Crippen molar-refractivity contribution in [3.05, 3.63) is 5.28 Å². The molecule has 0 aliphatic rings. The normalized spacial score (nSPS) is 13.1. The molecule has 1 unspecified atom stereocenters. The SMILES string of the molecule is CCCNc1nc(Cl)nc(NCC(O)CC(C)(C)C)n1. The average molecular weight is 302 g/mol. The van der Waals surface area contributed by atoms with Crippen LogP contribution in [0.2, 0.25) is 5.28 Å². The van der Waals surface area contributed by atoms with Gasteiger partial charge in [0, 0.05) is 13.1 Å². The molecule has 1 atom stereocenters. The summed E-state index contributed by atoms with van der Waals surface area (Å²) in [4.78, 5) is 12.2. The monoisotopic (exact) mass is 301 g/mol. The van der Waals surface area contributed by atoms with E-state index in [1.54, 1.807) is 0 Å². The zero-order valence-corrected chi connectivity index (χ0v) is 13.3. The number of aliphatic hydroxyl groups is 1. The minimum atomic E-state index is -0.461. The first-order valence-electron chi connectivity index (χ1n) is 6.87. The summed E-state index contributed by atoms with van der Waals surface area (Å²) in [5, 5.41) is 16.1. The van der Waals surface area contributed by atoms with E-state index >= 15 is 0 Å². The summed E-state index contributed by atoms with van der Waals surface area (Å²) in [6.45, 7) is 9.46. The van der Waals surface area contributed by atoms with Crippen molar-refractivity contribution in [2.24, 2.45) is 5.41 Å². The molecule has 0 saturated heterocycles. The maximum Gasteiger partial charge on any atom is 0.228 e. The van der Waals surface area contributed by atoms with E-state index in [1.807, 2.05) is 0 Å². The number of rotatable bonds is 7. The molecule has 0 aromatic carbocycles. The van der Waals surface area contributed by atoms with Gasteiger partial charge < -0.3 is 15.7 Å². The number of nitrogens with one attached hydrogen (secondary N) is 2. The molecule has 6 nitrogen and oxygen atoms in total. The van der Waals surface area contributed by atoms with E-state index in [-0.39, 0.29) is 10.7 Å². The molecule has 3 N–H and O–H groups in total. The quantitative estimate of drug-likeness (QED) is 0.718. The second-order valence-electron chi connectivity index (χ2n) is 5.98. The summed E-state index contributed by atoms with van der Waals surface area (Å²) in [6.07, 6.45) is 1.20. The Morgan fingerprint density at radius 3 is 2.30 bits per heavy atom. The highest BCUT2D eigenvalue weighted by molar-refractivity contribution is 6.28. The van der Waals surface area contributed by atoms with Crippen LogP contribution >= 0.6 is 11.6 Å². The van der Waals surface area contributed by atoms with Crippen LogP contribution in [0, 0.1) is 5.41 Å². The molecule has 114 valence electrons. The lowest BCUT2D eigenvalue weighted by Gasteiger charge is -2.22. The van der Waals surface area contributed by atoms with Crippen molar-refractivity contribution in [3.8, 4) is 0 Å². The maximum absolute atomic E-state index is 9.94. The Hall–Kier alpha value is -1.14. The molecule has 0 fully saturated rings. The molecule has 1 rings (SSSR count). The molecule has 0 amide bonds. The van der Waals surface area contributed by atoms with Crippen molar-refractivity contribution in [1.29, 1.82) is 0 Å². The van der Waals surface area contributed by atoms with Gasteiger partial charge in [-0.05, 0) is 29.9 Å². The Morgan fingerprint density at radius 1 is 1.15 bits per heavy atom. The Labute approximate surface area is 125 Å². The third-order valence-electron chi connectivity index (χ3n) is 2.49. The van der Waals surface area contributed by atoms with Gasteiger partial charge in [-0.2, -0.15) is 15.0 Å². The molecule has 20 heavy (non-hydrogen) atoms. The maximum atomic E-state index is 9.94. The molecule has 0 bridgehead atoms. The molecule has 0 aliphatic heterocycles. The van der Waals surface area contributed by atoms with Gasteiger partial charge in [-0.15, -0.1) is 0 Å². The number of hydrogen-bond acceptors (Lipinski definition) is 6. The second-order valence-corrected chi connectivity index (χ2v) is 6.32. The van der Waals surface area contributed by atoms with Crippen LogP contribution in [0.1, 0.15) is 40.5 Å². The largest absolute Gasteiger partial charge is 0.391 e. The van der Waals surface area contributed by atoms with Gasteiger partial charge >= 0.3 is 0 Å². The highest BCUT2D eigenvalue weighted by Crippen LogP contribution is 2.20. The van der Waals surface area contributed by atoms with Gasteiger partial charge in [-0.1, -0.05) is 27.7 Å². The van der Waals surface area contributed by atoms with Crippen molar-refractivity contribution in [2.75, 3.05) is 23.7 Å². The minimum Gasteiger partial charge on any atom is -0.391 e. The van der Waals surface area contributed by atoms with E-state index < -0.39 is 6.10 Å². The third kappa shape index (κ3) is 6.86. The summed E-state index contributed by atoms with van der Waals surface area (Å²) >= 11 is 5.85. The molecule has 7 heteroatoms. The van der Waals surface area contributed by atoms with E-state index in [0.29, 0.717) is 24.9 Å². The minimum absolute atomic E-state index is 0.0751. The highest BCUT2D eigenvalue weighted by atomic mass is 35.5. The molecule has 0 saturated carbocycles. The van der Waals surface area contributed by atoms with Gasteiger partial charge in [-0.25, -0.2) is 0 Å². The van der Waals surface area contributed by atoms with Crippen LogP contribution in [0.25, 0.3) is 0 Å². The van der Waals surface area contributed by atoms with Gasteiger partial charge in [0.05, 0.1) is 6.10 Å². The van der Waals surface area contributed by atoms with Crippen LogP contribution < -0.4 is 10.6 Å². The van der Waals surface area contributed by atoms with E-state index in [9.17, 15) is 5.11 Å². The van der Waals surface area contributed by atoms with E-state index in [1.165, 1.54) is 0 Å². The van der Waals surface area contributed by atoms with E-state index in [2.05, 4.69) is 53.3 Å². The van der Waals surface area contributed by atoms with Gasteiger partial charge in [0.15, 0.2) is 0 Å². The molecular weight excluding hydrogens is 278 g/mol. The topological polar surface area (TPSA) is 83.0 Å². The van der Waals surface area contributed by atoms with Gasteiger partial charge in [-0.3, -0.25) is 0 Å². The molecule has 0 radical (unpaired) electrons. The summed E-state index contributed by atoms with van der Waals surface area (Å²) in [6, 6.07) is 0. The Kier molecular flexibility index (Phi) is 6.42. The molecule has 1 aromatic heterocycles. The van der Waals surface area contributed by atoms with E-state index in [4.69, 9.17) is 11.6 Å². The van der Waals surface area contributed by atoms with Crippen LogP contribution in [0.4, 0.5) is 11.9 Å². The van der Waals surface area contributed by atoms with Gasteiger partial charge in [0.2, 0.25) is 17.2 Å². The number of aliphatic hydroxyl groups excluding tert-OH is 1. The first-order chi connectivity index (χ1) is 9.30. The second kappa shape index (κ2) is 7.59. The zero-order chi connectivity index (χ0) is 15.2. The smallest absolute Gasteiger partial charge is 0.228 e. The summed E-state index contributed by atoms with van der Waals surface area (Å²) in [5.74, 6) is 0.816. The molecule has 0 spiro atoms. The number of aromatic nitrogens is 3. The summed E-state index contributed by atoms with van der Waals surface area (Å²) in [7, 11) is 0. The van der Waals surface area contributed by atoms with Crippen LogP contribution in [0.5, 0.6) is 0 Å². The van der Waals surface area contributed by atoms with Crippen LogP contribution in [-0.2, 0) is 0 Å². The van der Waals surface area contributed by atoms with Crippen molar-refractivity contribution in [3.63, 3.8) is 0 Å². The predicted molar refractivity (Wildman–Crippen MR) is 82.2 cm³/mol. The lowest BCUT2D eigenvalue weighted by atomic mass is 9.89. The Balaban J connectivity index is 2.56. The van der Waals surface area contributed by atoms with Crippen molar-refractivity contribution < 1.29 is 5.11 Å². The van der Waals surface area contributed by atoms with Gasteiger partial charge in [0.25, 0.3) is 0 Å². The molecule has 0 aliphatic carbocycles. The third-order valence-corrected chi connectivity index (χ3v) is 2.65. The first-order valence-corrected chi connectivity index (χ1v) is 7.25. The highest BCUT2D eigenvalue weighted by Gasteiger charge is 2.17. The Morgan fingerprint density at radius 2 is 1.75 bits per heavy atom. The summed E-state index contributed by atoms with van der Waals surface area (Å²) < 4.78 is 0. The van der Waals surface area contributed by atoms with Crippen LogP contribution in [0.3, 0.4) is 0 Å². The molecule has 1 aromatic rings. The van der Waals surface area contributed by atoms with Crippen LogP contribution in [-0.4, -0.2) is 39.3 Å². The fraction of sp³-hybridized carbons (Fsp3) is 0.769. The zero-order valence-electron chi connectivity index (χ0n) is 12.6. The number of anilines is 2. The van der Waals surface area contributed by atoms with Crippen molar-refractivity contribution in [1.82, 2.24) is 15.0 Å². The predicted octanol–water partition coefficient (Wildman–Crippen LogP) is 2.56. The lowest BCUT2D eigenvalue weighted by Crippen LogP contribution is -2.26. The molecular formula is C13H24ClN5O. The average Bonchev–Trinajstić information content (AvgIpc) is 2.31. The number of halogens is 1. The Bertz CT molecular complexity index is 422. The fourth-order valence-electron chi connectivity index (χ4n) is 1.73. The molecule has 1 heterocycles. The lowest BCUT2D eigenvalue weighted by molar-refractivity contribution is 0.132. The van der Waals surface area contributed by atoms with Crippen molar-refractivity contribution in [2.45, 2.75) is 46.6 Å². The van der Waals surface area contributed by atoms with Crippen LogP contribution in [0.15, 0.2) is 0 Å². The van der Waals surface area contributed by atoms with Gasteiger partial charge in [0.1, 0.15) is 0 Å².